The van der Waals surface area contributed by atoms with Gasteiger partial charge in [0.1, 0.15) is 0 Å². The Morgan fingerprint density at radius 1 is 1.33 bits per heavy atom. The van der Waals surface area contributed by atoms with Crippen LogP contribution in [0.2, 0.25) is 0 Å². The van der Waals surface area contributed by atoms with Crippen molar-refractivity contribution in [2.45, 2.75) is 18.8 Å². The highest BCUT2D eigenvalue weighted by atomic mass is 16.5. The van der Waals surface area contributed by atoms with E-state index in [-0.39, 0.29) is 0 Å². The highest BCUT2D eigenvalue weighted by Crippen LogP contribution is 2.32. The Morgan fingerprint density at radius 2 is 2.28 bits per heavy atom. The molecule has 2 heterocycles. The quantitative estimate of drug-likeness (QED) is 0.782. The van der Waals surface area contributed by atoms with Gasteiger partial charge >= 0.3 is 0 Å². The Labute approximate surface area is 109 Å². The zero-order chi connectivity index (χ0) is 12.2. The van der Waals surface area contributed by atoms with Gasteiger partial charge in [-0.3, -0.25) is 0 Å². The molecule has 18 heavy (non-hydrogen) atoms. The van der Waals surface area contributed by atoms with Gasteiger partial charge in [0, 0.05) is 31.3 Å². The first-order valence-electron chi connectivity index (χ1n) is 7.05. The van der Waals surface area contributed by atoms with Gasteiger partial charge in [0.15, 0.2) is 0 Å². The molecule has 2 atom stereocenters. The molecule has 2 unspecified atom stereocenters. The average Bonchev–Trinajstić information content (AvgIpc) is 3.04. The summed E-state index contributed by atoms with van der Waals surface area (Å²) in [4.78, 5) is 0. The summed E-state index contributed by atoms with van der Waals surface area (Å²) in [5.41, 5.74) is 2.81. The van der Waals surface area contributed by atoms with E-state index in [1.54, 1.807) is 0 Å². The normalized spacial score (nSPS) is 26.0. The molecule has 2 N–H and O–H groups in total. The minimum Gasteiger partial charge on any atom is -0.384 e. The summed E-state index contributed by atoms with van der Waals surface area (Å²) in [5, 5.41) is 7.06. The van der Waals surface area contributed by atoms with Crippen LogP contribution in [0.5, 0.6) is 0 Å². The third-order valence-corrected chi connectivity index (χ3v) is 4.07. The molecule has 1 aromatic carbocycles. The lowest BCUT2D eigenvalue weighted by molar-refractivity contribution is 0.185. The van der Waals surface area contributed by atoms with Crippen molar-refractivity contribution in [2.24, 2.45) is 5.92 Å². The van der Waals surface area contributed by atoms with Crippen molar-refractivity contribution in [2.75, 3.05) is 38.2 Å². The summed E-state index contributed by atoms with van der Waals surface area (Å²) in [6.45, 7) is 5.21. The van der Waals surface area contributed by atoms with Crippen molar-refractivity contribution < 1.29 is 4.74 Å². The summed E-state index contributed by atoms with van der Waals surface area (Å²) < 4.78 is 5.38. The van der Waals surface area contributed by atoms with E-state index in [4.69, 9.17) is 4.74 Å². The van der Waals surface area contributed by atoms with Crippen LogP contribution in [0.3, 0.4) is 0 Å². The summed E-state index contributed by atoms with van der Waals surface area (Å²) in [6.07, 6.45) is 2.44. The van der Waals surface area contributed by atoms with Gasteiger partial charge in [0.05, 0.1) is 6.61 Å². The molecule has 1 fully saturated rings. The molecule has 1 saturated heterocycles. The molecule has 3 heteroatoms. The second-order valence-corrected chi connectivity index (χ2v) is 5.39. The Hall–Kier alpha value is -1.06. The van der Waals surface area contributed by atoms with Crippen molar-refractivity contribution in [1.82, 2.24) is 5.32 Å². The number of para-hydroxylation sites is 1. The number of fused-ring (bicyclic) bond motifs is 1. The molecule has 0 saturated carbocycles. The molecule has 2 aliphatic rings. The SMILES string of the molecule is c1ccc2c(c1)NCC2CCNCC1CCOC1. The first kappa shape index (κ1) is 12.0. The zero-order valence-corrected chi connectivity index (χ0v) is 10.8. The van der Waals surface area contributed by atoms with Gasteiger partial charge in [-0.2, -0.15) is 0 Å². The van der Waals surface area contributed by atoms with Gasteiger partial charge in [0.25, 0.3) is 0 Å². The number of benzene rings is 1. The number of nitrogens with one attached hydrogen (secondary N) is 2. The van der Waals surface area contributed by atoms with Gasteiger partial charge in [-0.05, 0) is 36.9 Å². The van der Waals surface area contributed by atoms with E-state index in [9.17, 15) is 0 Å². The molecule has 0 amide bonds. The molecule has 0 spiro atoms. The van der Waals surface area contributed by atoms with Crippen molar-refractivity contribution in [1.29, 1.82) is 0 Å². The van der Waals surface area contributed by atoms with Crippen LogP contribution in [0, 0.1) is 5.92 Å². The second kappa shape index (κ2) is 5.72. The van der Waals surface area contributed by atoms with Crippen LogP contribution in [-0.4, -0.2) is 32.8 Å². The van der Waals surface area contributed by atoms with Crippen LogP contribution >= 0.6 is 0 Å². The Morgan fingerprint density at radius 3 is 3.17 bits per heavy atom. The van der Waals surface area contributed by atoms with E-state index < -0.39 is 0 Å². The molecule has 98 valence electrons. The lowest BCUT2D eigenvalue weighted by Crippen LogP contribution is -2.25. The minimum atomic E-state index is 0.675. The zero-order valence-electron chi connectivity index (χ0n) is 10.8. The maximum atomic E-state index is 5.38. The first-order valence-corrected chi connectivity index (χ1v) is 7.05. The van der Waals surface area contributed by atoms with Crippen molar-refractivity contribution in [3.05, 3.63) is 29.8 Å². The first-order chi connectivity index (χ1) is 8.93. The molecule has 0 aromatic heterocycles. The highest BCUT2D eigenvalue weighted by Gasteiger charge is 2.21. The van der Waals surface area contributed by atoms with Gasteiger partial charge in [-0.15, -0.1) is 0 Å². The fourth-order valence-electron chi connectivity index (χ4n) is 2.94. The summed E-state index contributed by atoms with van der Waals surface area (Å²) >= 11 is 0. The summed E-state index contributed by atoms with van der Waals surface area (Å²) in [5.74, 6) is 1.41. The van der Waals surface area contributed by atoms with E-state index in [2.05, 4.69) is 34.9 Å². The van der Waals surface area contributed by atoms with Crippen LogP contribution in [0.1, 0.15) is 24.3 Å². The predicted molar refractivity (Wildman–Crippen MR) is 74.1 cm³/mol. The van der Waals surface area contributed by atoms with Crippen LogP contribution < -0.4 is 10.6 Å². The maximum absolute atomic E-state index is 5.38. The van der Waals surface area contributed by atoms with Crippen LogP contribution in [0.25, 0.3) is 0 Å². The number of hydrogen-bond donors (Lipinski definition) is 2. The van der Waals surface area contributed by atoms with Crippen molar-refractivity contribution >= 4 is 5.69 Å². The molecule has 2 aliphatic heterocycles. The number of ether oxygens (including phenoxy) is 1. The van der Waals surface area contributed by atoms with E-state index in [0.29, 0.717) is 5.92 Å². The smallest absolute Gasteiger partial charge is 0.0507 e. The molecular formula is C15H22N2O. The fourth-order valence-corrected chi connectivity index (χ4v) is 2.94. The number of anilines is 1. The van der Waals surface area contributed by atoms with Gasteiger partial charge in [-0.25, -0.2) is 0 Å². The summed E-state index contributed by atoms with van der Waals surface area (Å²) in [6, 6.07) is 8.68. The van der Waals surface area contributed by atoms with Crippen LogP contribution in [0.4, 0.5) is 5.69 Å². The molecule has 0 bridgehead atoms. The lowest BCUT2D eigenvalue weighted by atomic mass is 9.98. The van der Waals surface area contributed by atoms with Crippen molar-refractivity contribution in [3.63, 3.8) is 0 Å². The van der Waals surface area contributed by atoms with E-state index in [1.165, 1.54) is 24.1 Å². The van der Waals surface area contributed by atoms with Crippen LogP contribution in [0.15, 0.2) is 24.3 Å². The number of hydrogen-bond acceptors (Lipinski definition) is 3. The maximum Gasteiger partial charge on any atom is 0.0507 e. The van der Waals surface area contributed by atoms with Gasteiger partial charge in [-0.1, -0.05) is 18.2 Å². The molecule has 1 aromatic rings. The largest absolute Gasteiger partial charge is 0.384 e. The lowest BCUT2D eigenvalue weighted by Gasteiger charge is -2.13. The van der Waals surface area contributed by atoms with E-state index in [0.717, 1.165) is 38.8 Å². The molecule has 3 nitrogen and oxygen atoms in total. The van der Waals surface area contributed by atoms with Crippen LogP contribution in [-0.2, 0) is 4.74 Å². The third-order valence-electron chi connectivity index (χ3n) is 4.07. The topological polar surface area (TPSA) is 33.3 Å². The molecule has 0 radical (unpaired) electrons. The third kappa shape index (κ3) is 2.68. The standard InChI is InChI=1S/C15H22N2O/c1-2-4-15-14(3-1)13(10-17-15)5-7-16-9-12-6-8-18-11-12/h1-4,12-13,16-17H,5-11H2. The Kier molecular flexibility index (Phi) is 3.81. The molecule has 0 aliphatic carbocycles. The minimum absolute atomic E-state index is 0.675. The van der Waals surface area contributed by atoms with Crippen molar-refractivity contribution in [3.8, 4) is 0 Å². The van der Waals surface area contributed by atoms with Gasteiger partial charge in [0.2, 0.25) is 0 Å². The van der Waals surface area contributed by atoms with E-state index >= 15 is 0 Å². The molecular weight excluding hydrogens is 224 g/mol. The van der Waals surface area contributed by atoms with Gasteiger partial charge < -0.3 is 15.4 Å². The average molecular weight is 246 g/mol. The number of rotatable bonds is 5. The predicted octanol–water partition coefficient (Wildman–Crippen LogP) is 2.21. The Balaban J connectivity index is 1.41. The van der Waals surface area contributed by atoms with E-state index in [1.807, 2.05) is 0 Å². The molecule has 3 rings (SSSR count). The highest BCUT2D eigenvalue weighted by molar-refractivity contribution is 5.57. The summed E-state index contributed by atoms with van der Waals surface area (Å²) in [7, 11) is 0. The second-order valence-electron chi connectivity index (χ2n) is 5.39. The monoisotopic (exact) mass is 246 g/mol. The Bertz CT molecular complexity index is 388. The fraction of sp³-hybridized carbons (Fsp3) is 0.600.